The maximum absolute atomic E-state index is 6.11. The molecule has 0 radical (unpaired) electrons. The molecule has 1 atom stereocenters. The molecule has 0 bridgehead atoms. The van der Waals surface area contributed by atoms with Crippen molar-refractivity contribution in [2.24, 2.45) is 0 Å². The molecule has 2 aromatic rings. The van der Waals surface area contributed by atoms with Crippen LogP contribution in [0.15, 0.2) is 48.5 Å². The van der Waals surface area contributed by atoms with Gasteiger partial charge in [-0.1, -0.05) is 49.7 Å². The molecular formula is C16H20N2. The van der Waals surface area contributed by atoms with Crippen molar-refractivity contribution < 1.29 is 0 Å². The summed E-state index contributed by atoms with van der Waals surface area (Å²) in [5, 5.41) is 0. The second kappa shape index (κ2) is 5.58. The lowest BCUT2D eigenvalue weighted by Gasteiger charge is -2.19. The summed E-state index contributed by atoms with van der Waals surface area (Å²) >= 11 is 0. The first-order valence-electron chi connectivity index (χ1n) is 6.42. The van der Waals surface area contributed by atoms with Crippen LogP contribution in [0, 0.1) is 0 Å². The van der Waals surface area contributed by atoms with Crippen molar-refractivity contribution in [1.29, 1.82) is 0 Å². The molecule has 0 aliphatic heterocycles. The second-order valence-corrected chi connectivity index (χ2v) is 4.64. The molecule has 0 aromatic heterocycles. The maximum Gasteiger partial charge on any atom is 0.0373 e. The SMILES string of the molecule is CCCC(c1ccccc1)c1ccc(N)cc1N. The Kier molecular flexibility index (Phi) is 3.88. The highest BCUT2D eigenvalue weighted by Gasteiger charge is 2.15. The number of hydrogen-bond donors (Lipinski definition) is 2. The van der Waals surface area contributed by atoms with Gasteiger partial charge in [0.1, 0.15) is 0 Å². The van der Waals surface area contributed by atoms with Gasteiger partial charge in [-0.25, -0.2) is 0 Å². The molecule has 2 rings (SSSR count). The lowest BCUT2D eigenvalue weighted by molar-refractivity contribution is 0.700. The van der Waals surface area contributed by atoms with Gasteiger partial charge in [0, 0.05) is 17.3 Å². The molecule has 0 aliphatic rings. The normalized spacial score (nSPS) is 12.3. The number of anilines is 2. The van der Waals surface area contributed by atoms with Crippen LogP contribution in [0.1, 0.15) is 36.8 Å². The topological polar surface area (TPSA) is 52.0 Å². The summed E-state index contributed by atoms with van der Waals surface area (Å²) in [7, 11) is 0. The van der Waals surface area contributed by atoms with Crippen molar-refractivity contribution in [2.75, 3.05) is 11.5 Å². The highest BCUT2D eigenvalue weighted by Crippen LogP contribution is 2.33. The quantitative estimate of drug-likeness (QED) is 0.799. The largest absolute Gasteiger partial charge is 0.399 e. The molecule has 18 heavy (non-hydrogen) atoms. The molecular weight excluding hydrogens is 220 g/mol. The first-order chi connectivity index (χ1) is 8.72. The summed E-state index contributed by atoms with van der Waals surface area (Å²) in [5.41, 5.74) is 15.9. The molecule has 94 valence electrons. The van der Waals surface area contributed by atoms with Crippen molar-refractivity contribution in [3.8, 4) is 0 Å². The molecule has 0 fully saturated rings. The number of benzene rings is 2. The van der Waals surface area contributed by atoms with Crippen LogP contribution >= 0.6 is 0 Å². The molecule has 0 spiro atoms. The van der Waals surface area contributed by atoms with E-state index in [2.05, 4.69) is 37.3 Å². The van der Waals surface area contributed by atoms with Crippen LogP contribution in [0.5, 0.6) is 0 Å². The Labute approximate surface area is 109 Å². The summed E-state index contributed by atoms with van der Waals surface area (Å²) in [6.45, 7) is 2.20. The summed E-state index contributed by atoms with van der Waals surface area (Å²) in [6.07, 6.45) is 2.22. The van der Waals surface area contributed by atoms with Gasteiger partial charge in [-0.2, -0.15) is 0 Å². The molecule has 0 saturated carbocycles. The minimum absolute atomic E-state index is 0.358. The fourth-order valence-electron chi connectivity index (χ4n) is 2.39. The third-order valence-corrected chi connectivity index (χ3v) is 3.27. The third kappa shape index (κ3) is 2.65. The number of nitrogens with two attached hydrogens (primary N) is 2. The van der Waals surface area contributed by atoms with Gasteiger partial charge in [-0.3, -0.25) is 0 Å². The van der Waals surface area contributed by atoms with Gasteiger partial charge in [0.25, 0.3) is 0 Å². The van der Waals surface area contributed by atoms with Crippen molar-refractivity contribution >= 4 is 11.4 Å². The second-order valence-electron chi connectivity index (χ2n) is 4.64. The number of hydrogen-bond acceptors (Lipinski definition) is 2. The van der Waals surface area contributed by atoms with E-state index in [1.807, 2.05) is 18.2 Å². The smallest absolute Gasteiger partial charge is 0.0373 e. The van der Waals surface area contributed by atoms with E-state index in [9.17, 15) is 0 Å². The summed E-state index contributed by atoms with van der Waals surface area (Å²) in [4.78, 5) is 0. The molecule has 0 aliphatic carbocycles. The van der Waals surface area contributed by atoms with Crippen LogP contribution in [-0.4, -0.2) is 0 Å². The van der Waals surface area contributed by atoms with E-state index in [1.165, 1.54) is 11.1 Å². The van der Waals surface area contributed by atoms with E-state index >= 15 is 0 Å². The zero-order valence-electron chi connectivity index (χ0n) is 10.8. The summed E-state index contributed by atoms with van der Waals surface area (Å²) < 4.78 is 0. The van der Waals surface area contributed by atoms with Crippen molar-refractivity contribution in [3.63, 3.8) is 0 Å². The van der Waals surface area contributed by atoms with Gasteiger partial charge in [-0.15, -0.1) is 0 Å². The van der Waals surface area contributed by atoms with E-state index in [4.69, 9.17) is 11.5 Å². The van der Waals surface area contributed by atoms with Crippen molar-refractivity contribution in [3.05, 3.63) is 59.7 Å². The Bertz CT molecular complexity index is 506. The van der Waals surface area contributed by atoms with Gasteiger partial charge in [-0.05, 0) is 29.7 Å². The van der Waals surface area contributed by atoms with E-state index in [0.29, 0.717) is 5.92 Å². The van der Waals surface area contributed by atoms with Gasteiger partial charge >= 0.3 is 0 Å². The third-order valence-electron chi connectivity index (χ3n) is 3.27. The Morgan fingerprint density at radius 3 is 2.33 bits per heavy atom. The van der Waals surface area contributed by atoms with Gasteiger partial charge in [0.15, 0.2) is 0 Å². The first kappa shape index (κ1) is 12.5. The van der Waals surface area contributed by atoms with Crippen LogP contribution in [0.4, 0.5) is 11.4 Å². The molecule has 2 nitrogen and oxygen atoms in total. The van der Waals surface area contributed by atoms with Crippen LogP contribution in [0.25, 0.3) is 0 Å². The van der Waals surface area contributed by atoms with Crippen LogP contribution in [0.2, 0.25) is 0 Å². The Morgan fingerprint density at radius 1 is 1.00 bits per heavy atom. The van der Waals surface area contributed by atoms with E-state index in [0.717, 1.165) is 24.2 Å². The highest BCUT2D eigenvalue weighted by molar-refractivity contribution is 5.59. The first-order valence-corrected chi connectivity index (χ1v) is 6.42. The molecule has 4 N–H and O–H groups in total. The van der Waals surface area contributed by atoms with Crippen molar-refractivity contribution in [1.82, 2.24) is 0 Å². The Hall–Kier alpha value is -1.96. The van der Waals surface area contributed by atoms with Gasteiger partial charge in [0.05, 0.1) is 0 Å². The minimum Gasteiger partial charge on any atom is -0.399 e. The number of rotatable bonds is 4. The van der Waals surface area contributed by atoms with E-state index in [1.54, 1.807) is 0 Å². The zero-order chi connectivity index (χ0) is 13.0. The predicted molar refractivity (Wildman–Crippen MR) is 78.5 cm³/mol. The molecule has 0 amide bonds. The summed E-state index contributed by atoms with van der Waals surface area (Å²) in [5.74, 6) is 0.358. The van der Waals surface area contributed by atoms with Gasteiger partial charge < -0.3 is 11.5 Å². The van der Waals surface area contributed by atoms with Gasteiger partial charge in [0.2, 0.25) is 0 Å². The summed E-state index contributed by atoms with van der Waals surface area (Å²) in [6, 6.07) is 16.3. The average Bonchev–Trinajstić information content (AvgIpc) is 2.38. The average molecular weight is 240 g/mol. The standard InChI is InChI=1S/C16H20N2/c1-2-6-14(12-7-4-3-5-8-12)15-10-9-13(17)11-16(15)18/h3-5,7-11,14H,2,6,17-18H2,1H3. The molecule has 2 aromatic carbocycles. The molecule has 0 heterocycles. The molecule has 0 saturated heterocycles. The predicted octanol–water partition coefficient (Wildman–Crippen LogP) is 3.78. The maximum atomic E-state index is 6.11. The lowest BCUT2D eigenvalue weighted by Crippen LogP contribution is -2.05. The van der Waals surface area contributed by atoms with E-state index < -0.39 is 0 Å². The Morgan fingerprint density at radius 2 is 1.72 bits per heavy atom. The monoisotopic (exact) mass is 240 g/mol. The molecule has 1 unspecified atom stereocenters. The Balaban J connectivity index is 2.41. The fraction of sp³-hybridized carbons (Fsp3) is 0.250. The highest BCUT2D eigenvalue weighted by atomic mass is 14.6. The van der Waals surface area contributed by atoms with Crippen LogP contribution < -0.4 is 11.5 Å². The fourth-order valence-corrected chi connectivity index (χ4v) is 2.39. The number of nitrogen functional groups attached to an aromatic ring is 2. The van der Waals surface area contributed by atoms with Crippen LogP contribution in [-0.2, 0) is 0 Å². The molecule has 2 heteroatoms. The van der Waals surface area contributed by atoms with Crippen molar-refractivity contribution in [2.45, 2.75) is 25.7 Å². The zero-order valence-corrected chi connectivity index (χ0v) is 10.8. The van der Waals surface area contributed by atoms with E-state index in [-0.39, 0.29) is 0 Å². The minimum atomic E-state index is 0.358. The lowest BCUT2D eigenvalue weighted by atomic mass is 9.86. The van der Waals surface area contributed by atoms with Crippen LogP contribution in [0.3, 0.4) is 0 Å².